The Labute approximate surface area is 143 Å². The van der Waals surface area contributed by atoms with Crippen molar-refractivity contribution in [3.8, 4) is 0 Å². The van der Waals surface area contributed by atoms with E-state index in [1.165, 1.54) is 5.56 Å². The van der Waals surface area contributed by atoms with Gasteiger partial charge in [0.25, 0.3) is 0 Å². The van der Waals surface area contributed by atoms with Gasteiger partial charge in [0, 0.05) is 36.5 Å². The van der Waals surface area contributed by atoms with Crippen LogP contribution in [0.1, 0.15) is 54.7 Å². The largest absolute Gasteiger partial charge is 0.331 e. The van der Waals surface area contributed by atoms with Gasteiger partial charge in [0.15, 0.2) is 0 Å². The third-order valence-electron chi connectivity index (χ3n) is 5.08. The van der Waals surface area contributed by atoms with Crippen LogP contribution in [0.4, 0.5) is 10.5 Å². The van der Waals surface area contributed by atoms with Crippen LogP contribution < -0.4 is 10.2 Å². The average molecular weight is 326 g/mol. The standard InChI is InChI=1S/C19H26N4O/c1-6-16(18-13(3)21-22(5)14(18)4)20-19(24)23-11-12(2)15-9-7-8-10-17(15)23/h7-10,12,16H,6,11H2,1-5H3,(H,20,24)/t12-,16-/m1/s1. The van der Waals surface area contributed by atoms with Gasteiger partial charge in [-0.05, 0) is 31.9 Å². The van der Waals surface area contributed by atoms with Gasteiger partial charge in [-0.25, -0.2) is 4.79 Å². The third kappa shape index (κ3) is 2.68. The molecule has 0 aliphatic carbocycles. The summed E-state index contributed by atoms with van der Waals surface area (Å²) >= 11 is 0. The lowest BCUT2D eigenvalue weighted by atomic mass is 10.0. The van der Waals surface area contributed by atoms with Gasteiger partial charge in [-0.15, -0.1) is 0 Å². The van der Waals surface area contributed by atoms with E-state index in [4.69, 9.17) is 0 Å². The molecule has 5 nitrogen and oxygen atoms in total. The fourth-order valence-electron chi connectivity index (χ4n) is 3.71. The van der Waals surface area contributed by atoms with E-state index in [1.54, 1.807) is 0 Å². The van der Waals surface area contributed by atoms with Gasteiger partial charge in [0.05, 0.1) is 11.7 Å². The van der Waals surface area contributed by atoms with Crippen molar-refractivity contribution in [2.45, 2.75) is 46.1 Å². The summed E-state index contributed by atoms with van der Waals surface area (Å²) in [5.41, 5.74) is 5.49. The van der Waals surface area contributed by atoms with Crippen LogP contribution in [0.15, 0.2) is 24.3 Å². The Morgan fingerprint density at radius 2 is 2.08 bits per heavy atom. The SMILES string of the molecule is CC[C@@H](NC(=O)N1C[C@@H](C)c2ccccc21)c1c(C)nn(C)c1C. The van der Waals surface area contributed by atoms with Crippen molar-refractivity contribution in [2.24, 2.45) is 7.05 Å². The molecule has 5 heteroatoms. The maximum Gasteiger partial charge on any atom is 0.322 e. The molecule has 2 aromatic rings. The number of fused-ring (bicyclic) bond motifs is 1. The molecule has 3 rings (SSSR count). The number of para-hydroxylation sites is 1. The van der Waals surface area contributed by atoms with E-state index in [9.17, 15) is 4.79 Å². The minimum atomic E-state index is -0.0266. The number of nitrogens with one attached hydrogen (secondary N) is 1. The van der Waals surface area contributed by atoms with Crippen molar-refractivity contribution < 1.29 is 4.79 Å². The maximum absolute atomic E-state index is 12.9. The Morgan fingerprint density at radius 3 is 2.71 bits per heavy atom. The van der Waals surface area contributed by atoms with Gasteiger partial charge in [-0.2, -0.15) is 5.10 Å². The van der Waals surface area contributed by atoms with E-state index in [-0.39, 0.29) is 12.1 Å². The molecular formula is C19H26N4O. The number of aromatic nitrogens is 2. The highest BCUT2D eigenvalue weighted by Crippen LogP contribution is 2.36. The number of anilines is 1. The highest BCUT2D eigenvalue weighted by atomic mass is 16.2. The first-order valence-electron chi connectivity index (χ1n) is 8.61. The molecule has 1 aromatic heterocycles. The van der Waals surface area contributed by atoms with E-state index >= 15 is 0 Å². The first kappa shape index (κ1) is 16.6. The van der Waals surface area contributed by atoms with Crippen LogP contribution >= 0.6 is 0 Å². The molecule has 1 N–H and O–H groups in total. The number of hydrogen-bond donors (Lipinski definition) is 1. The van der Waals surface area contributed by atoms with Crippen LogP contribution in [0.5, 0.6) is 0 Å². The predicted octanol–water partition coefficient (Wildman–Crippen LogP) is 3.82. The van der Waals surface area contributed by atoms with Gasteiger partial charge in [0.1, 0.15) is 0 Å². The molecule has 128 valence electrons. The predicted molar refractivity (Wildman–Crippen MR) is 96.4 cm³/mol. The molecule has 0 radical (unpaired) electrons. The molecule has 24 heavy (non-hydrogen) atoms. The summed E-state index contributed by atoms with van der Waals surface area (Å²) in [5.74, 6) is 0.369. The summed E-state index contributed by atoms with van der Waals surface area (Å²) in [4.78, 5) is 14.8. The highest BCUT2D eigenvalue weighted by Gasteiger charge is 2.31. The minimum absolute atomic E-state index is 0.0192. The molecule has 1 aliphatic rings. The second kappa shape index (κ2) is 6.30. The number of benzene rings is 1. The quantitative estimate of drug-likeness (QED) is 0.932. The van der Waals surface area contributed by atoms with E-state index < -0.39 is 0 Å². The Kier molecular flexibility index (Phi) is 4.35. The molecule has 0 spiro atoms. The van der Waals surface area contributed by atoms with Gasteiger partial charge in [-0.1, -0.05) is 32.0 Å². The fourth-order valence-corrected chi connectivity index (χ4v) is 3.71. The lowest BCUT2D eigenvalue weighted by Crippen LogP contribution is -2.41. The number of hydrogen-bond acceptors (Lipinski definition) is 2. The Balaban J connectivity index is 1.84. The summed E-state index contributed by atoms with van der Waals surface area (Å²) in [6, 6.07) is 8.12. The molecule has 2 heterocycles. The summed E-state index contributed by atoms with van der Waals surface area (Å²) in [6.45, 7) is 9.05. The molecule has 0 saturated carbocycles. The number of urea groups is 1. The lowest BCUT2D eigenvalue weighted by Gasteiger charge is -2.24. The number of carbonyl (C=O) groups excluding carboxylic acids is 1. The van der Waals surface area contributed by atoms with E-state index in [1.807, 2.05) is 41.8 Å². The van der Waals surface area contributed by atoms with Crippen molar-refractivity contribution >= 4 is 11.7 Å². The molecule has 0 saturated heterocycles. The van der Waals surface area contributed by atoms with E-state index in [0.29, 0.717) is 5.92 Å². The Morgan fingerprint density at radius 1 is 1.38 bits per heavy atom. The molecule has 0 unspecified atom stereocenters. The smallest absolute Gasteiger partial charge is 0.322 e. The Bertz CT molecular complexity index is 765. The Hall–Kier alpha value is -2.30. The molecule has 0 fully saturated rings. The van der Waals surface area contributed by atoms with Crippen molar-refractivity contribution in [3.05, 3.63) is 46.8 Å². The van der Waals surface area contributed by atoms with Crippen molar-refractivity contribution in [2.75, 3.05) is 11.4 Å². The van der Waals surface area contributed by atoms with Crippen molar-refractivity contribution in [3.63, 3.8) is 0 Å². The van der Waals surface area contributed by atoms with E-state index in [2.05, 4.69) is 37.3 Å². The summed E-state index contributed by atoms with van der Waals surface area (Å²) in [7, 11) is 1.94. The van der Waals surface area contributed by atoms with Crippen LogP contribution in [-0.4, -0.2) is 22.4 Å². The number of nitrogens with zero attached hydrogens (tertiary/aromatic N) is 3. The first-order valence-corrected chi connectivity index (χ1v) is 8.61. The van der Waals surface area contributed by atoms with Crippen LogP contribution in [0, 0.1) is 13.8 Å². The van der Waals surface area contributed by atoms with Crippen LogP contribution in [0.2, 0.25) is 0 Å². The molecule has 2 atom stereocenters. The molecule has 2 amide bonds. The van der Waals surface area contributed by atoms with Gasteiger partial charge < -0.3 is 5.32 Å². The topological polar surface area (TPSA) is 50.2 Å². The molecule has 0 bridgehead atoms. The molecule has 1 aromatic carbocycles. The van der Waals surface area contributed by atoms with Gasteiger partial charge >= 0.3 is 6.03 Å². The van der Waals surface area contributed by atoms with Gasteiger partial charge in [0.2, 0.25) is 0 Å². The fraction of sp³-hybridized carbons (Fsp3) is 0.474. The average Bonchev–Trinajstić information content (AvgIpc) is 3.03. The van der Waals surface area contributed by atoms with Crippen LogP contribution in [0.3, 0.4) is 0 Å². The lowest BCUT2D eigenvalue weighted by molar-refractivity contribution is 0.242. The number of amides is 2. The number of carbonyl (C=O) groups is 1. The zero-order valence-electron chi connectivity index (χ0n) is 15.1. The minimum Gasteiger partial charge on any atom is -0.331 e. The monoisotopic (exact) mass is 326 g/mol. The maximum atomic E-state index is 12.9. The van der Waals surface area contributed by atoms with E-state index in [0.717, 1.165) is 35.6 Å². The normalized spacial score (nSPS) is 17.7. The third-order valence-corrected chi connectivity index (χ3v) is 5.08. The molecular weight excluding hydrogens is 300 g/mol. The zero-order chi connectivity index (χ0) is 17.4. The van der Waals surface area contributed by atoms with Crippen LogP contribution in [0.25, 0.3) is 0 Å². The highest BCUT2D eigenvalue weighted by molar-refractivity contribution is 5.94. The second-order valence-corrected chi connectivity index (χ2v) is 6.69. The summed E-state index contributed by atoms with van der Waals surface area (Å²) < 4.78 is 1.88. The zero-order valence-corrected chi connectivity index (χ0v) is 15.1. The number of rotatable bonds is 3. The second-order valence-electron chi connectivity index (χ2n) is 6.69. The summed E-state index contributed by atoms with van der Waals surface area (Å²) in [5, 5.41) is 7.70. The van der Waals surface area contributed by atoms with Gasteiger partial charge in [-0.3, -0.25) is 9.58 Å². The van der Waals surface area contributed by atoms with Crippen molar-refractivity contribution in [1.29, 1.82) is 0 Å². The molecule has 1 aliphatic heterocycles. The number of aryl methyl sites for hydroxylation is 2. The van der Waals surface area contributed by atoms with Crippen LogP contribution in [-0.2, 0) is 7.05 Å². The first-order chi connectivity index (χ1) is 11.4. The summed E-state index contributed by atoms with van der Waals surface area (Å²) in [6.07, 6.45) is 0.837. The van der Waals surface area contributed by atoms with Crippen molar-refractivity contribution in [1.82, 2.24) is 15.1 Å².